The van der Waals surface area contributed by atoms with E-state index >= 15 is 0 Å². The van der Waals surface area contributed by atoms with Gasteiger partial charge in [0.1, 0.15) is 11.4 Å². The molecule has 1 aromatic carbocycles. The molecule has 3 nitrogen and oxygen atoms in total. The van der Waals surface area contributed by atoms with Crippen molar-refractivity contribution in [2.75, 3.05) is 0 Å². The predicted octanol–water partition coefficient (Wildman–Crippen LogP) is 5.82. The lowest BCUT2D eigenvalue weighted by Gasteiger charge is -2.24. The highest BCUT2D eigenvalue weighted by Gasteiger charge is 2.44. The summed E-state index contributed by atoms with van der Waals surface area (Å²) in [6, 6.07) is 3.81. The number of hydrogen-bond donors (Lipinski definition) is 1. The number of hydrogen-bond acceptors (Lipinski definition) is 2. The molecule has 0 saturated heterocycles. The third kappa shape index (κ3) is 4.26. The number of nitrogens with one attached hydrogen (secondary N) is 1. The molecular weight excluding hydrogens is 365 g/mol. The summed E-state index contributed by atoms with van der Waals surface area (Å²) in [6.07, 6.45) is 1.49. The summed E-state index contributed by atoms with van der Waals surface area (Å²) >= 11 is 0. The van der Waals surface area contributed by atoms with Gasteiger partial charge in [-0.3, -0.25) is 9.79 Å². The molecule has 28 heavy (non-hydrogen) atoms. The van der Waals surface area contributed by atoms with Crippen molar-refractivity contribution < 1.29 is 18.0 Å². The molecule has 1 aliphatic carbocycles. The molecule has 2 unspecified atom stereocenters. The predicted molar refractivity (Wildman–Crippen MR) is 104 cm³/mol. The van der Waals surface area contributed by atoms with E-state index in [1.54, 1.807) is 0 Å². The molecule has 1 aromatic rings. The van der Waals surface area contributed by atoms with Crippen LogP contribution in [0.25, 0.3) is 0 Å². The fourth-order valence-corrected chi connectivity index (χ4v) is 3.90. The quantitative estimate of drug-likeness (QED) is 0.593. The number of benzene rings is 1. The van der Waals surface area contributed by atoms with Crippen LogP contribution in [0.2, 0.25) is 0 Å². The smallest absolute Gasteiger partial charge is 0.308 e. The average Bonchev–Trinajstić information content (AvgIpc) is 3.44. The van der Waals surface area contributed by atoms with Gasteiger partial charge in [0.25, 0.3) is 5.91 Å². The molecule has 1 N–H and O–H groups in total. The largest absolute Gasteiger partial charge is 0.416 e. The number of carbonyl (C=O) groups excluding carboxylic acids is 1. The number of carbonyl (C=O) groups is 1. The Morgan fingerprint density at radius 3 is 2.54 bits per heavy atom. The van der Waals surface area contributed by atoms with Crippen LogP contribution in [-0.2, 0) is 11.0 Å². The van der Waals surface area contributed by atoms with E-state index in [4.69, 9.17) is 4.99 Å². The van der Waals surface area contributed by atoms with Crippen molar-refractivity contribution in [2.45, 2.75) is 83.4 Å². The summed E-state index contributed by atoms with van der Waals surface area (Å²) in [6.45, 7) is 6.32. The summed E-state index contributed by atoms with van der Waals surface area (Å²) in [5.41, 5.74) is -0.134. The minimum Gasteiger partial charge on any atom is -0.308 e. The van der Waals surface area contributed by atoms with Crippen molar-refractivity contribution in [3.63, 3.8) is 0 Å². The van der Waals surface area contributed by atoms with Crippen molar-refractivity contribution in [1.82, 2.24) is 5.32 Å². The van der Waals surface area contributed by atoms with E-state index in [2.05, 4.69) is 19.2 Å². The number of amidine groups is 1. The summed E-state index contributed by atoms with van der Waals surface area (Å²) in [5, 5.41) is 2.90. The SMILES string of the molecule is CCCC1(CCC(C)CC)N=C(c2ccc(C(F)(F)F)cc2C2CC2)NC1=O. The van der Waals surface area contributed by atoms with Crippen molar-refractivity contribution in [2.24, 2.45) is 10.9 Å². The molecule has 1 fully saturated rings. The van der Waals surface area contributed by atoms with Crippen LogP contribution in [0.5, 0.6) is 0 Å². The fraction of sp³-hybridized carbons (Fsp3) is 0.636. The average molecular weight is 394 g/mol. The van der Waals surface area contributed by atoms with E-state index in [0.29, 0.717) is 35.7 Å². The van der Waals surface area contributed by atoms with Crippen LogP contribution in [-0.4, -0.2) is 17.3 Å². The first-order chi connectivity index (χ1) is 13.2. The highest BCUT2D eigenvalue weighted by molar-refractivity contribution is 6.16. The third-order valence-corrected chi connectivity index (χ3v) is 6.04. The molecule has 1 saturated carbocycles. The van der Waals surface area contributed by atoms with Gasteiger partial charge < -0.3 is 5.32 Å². The van der Waals surface area contributed by atoms with E-state index < -0.39 is 17.3 Å². The molecule has 0 radical (unpaired) electrons. The molecule has 2 atom stereocenters. The first-order valence-electron chi connectivity index (χ1n) is 10.3. The summed E-state index contributed by atoms with van der Waals surface area (Å²) in [5.74, 6) is 0.958. The van der Waals surface area contributed by atoms with E-state index in [-0.39, 0.29) is 11.8 Å². The van der Waals surface area contributed by atoms with Gasteiger partial charge in [0.15, 0.2) is 0 Å². The van der Waals surface area contributed by atoms with Crippen molar-refractivity contribution in [3.8, 4) is 0 Å². The number of amides is 1. The third-order valence-electron chi connectivity index (χ3n) is 6.04. The molecule has 0 spiro atoms. The normalized spacial score (nSPS) is 23.5. The minimum atomic E-state index is -4.37. The molecule has 3 rings (SSSR count). The Hall–Kier alpha value is -1.85. The standard InChI is InChI=1S/C22H29F3N2O/c1-4-11-21(12-10-14(3)5-2)20(28)26-19(27-21)17-9-8-16(22(23,24)25)13-18(17)15-6-7-15/h8-9,13-15H,4-7,10-12H2,1-3H3,(H,26,27,28). The van der Waals surface area contributed by atoms with Gasteiger partial charge in [-0.25, -0.2) is 0 Å². The Labute approximate surface area is 164 Å². The van der Waals surface area contributed by atoms with Crippen molar-refractivity contribution in [1.29, 1.82) is 0 Å². The monoisotopic (exact) mass is 394 g/mol. The molecule has 0 bridgehead atoms. The van der Waals surface area contributed by atoms with Crippen molar-refractivity contribution in [3.05, 3.63) is 34.9 Å². The second-order valence-corrected chi connectivity index (χ2v) is 8.32. The van der Waals surface area contributed by atoms with Gasteiger partial charge >= 0.3 is 6.18 Å². The summed E-state index contributed by atoms with van der Waals surface area (Å²) < 4.78 is 39.5. The lowest BCUT2D eigenvalue weighted by atomic mass is 9.85. The highest BCUT2D eigenvalue weighted by atomic mass is 19.4. The van der Waals surface area contributed by atoms with Crippen LogP contribution in [0.15, 0.2) is 23.2 Å². The van der Waals surface area contributed by atoms with Gasteiger partial charge in [0.05, 0.1) is 5.56 Å². The Morgan fingerprint density at radius 2 is 1.96 bits per heavy atom. The summed E-state index contributed by atoms with van der Waals surface area (Å²) in [4.78, 5) is 17.7. The Kier molecular flexibility index (Phi) is 5.87. The second-order valence-electron chi connectivity index (χ2n) is 8.32. The maximum Gasteiger partial charge on any atom is 0.416 e. The number of nitrogens with zero attached hydrogens (tertiary/aromatic N) is 1. The van der Waals surface area contributed by atoms with Crippen LogP contribution in [0.4, 0.5) is 13.2 Å². The second kappa shape index (κ2) is 7.88. The zero-order valence-corrected chi connectivity index (χ0v) is 16.8. The molecule has 154 valence electrons. The molecule has 1 amide bonds. The zero-order valence-electron chi connectivity index (χ0n) is 16.8. The highest BCUT2D eigenvalue weighted by Crippen LogP contribution is 2.44. The van der Waals surface area contributed by atoms with Gasteiger partial charge in [-0.15, -0.1) is 0 Å². The first-order valence-corrected chi connectivity index (χ1v) is 10.3. The van der Waals surface area contributed by atoms with Crippen LogP contribution >= 0.6 is 0 Å². The van der Waals surface area contributed by atoms with E-state index in [0.717, 1.165) is 38.2 Å². The van der Waals surface area contributed by atoms with Gasteiger partial charge in [-0.05, 0) is 61.6 Å². The topological polar surface area (TPSA) is 41.5 Å². The molecule has 1 aliphatic heterocycles. The van der Waals surface area contributed by atoms with Crippen LogP contribution in [0.3, 0.4) is 0 Å². The molecular formula is C22H29F3N2O. The van der Waals surface area contributed by atoms with E-state index in [1.165, 1.54) is 12.1 Å². The van der Waals surface area contributed by atoms with E-state index in [9.17, 15) is 18.0 Å². The Bertz CT molecular complexity index is 768. The summed E-state index contributed by atoms with van der Waals surface area (Å²) in [7, 11) is 0. The van der Waals surface area contributed by atoms with Gasteiger partial charge in [-0.1, -0.05) is 39.7 Å². The Balaban J connectivity index is 1.96. The molecule has 2 aliphatic rings. The van der Waals surface area contributed by atoms with Gasteiger partial charge in [-0.2, -0.15) is 13.2 Å². The molecule has 6 heteroatoms. The lowest BCUT2D eigenvalue weighted by molar-refractivity contribution is -0.137. The van der Waals surface area contributed by atoms with Crippen LogP contribution in [0.1, 0.15) is 88.3 Å². The number of aliphatic imine (C=N–C) groups is 1. The van der Waals surface area contributed by atoms with Crippen LogP contribution < -0.4 is 5.32 Å². The fourth-order valence-electron chi connectivity index (χ4n) is 3.90. The molecule has 1 heterocycles. The maximum atomic E-state index is 13.2. The first kappa shape index (κ1) is 20.9. The number of halogens is 3. The molecule has 0 aromatic heterocycles. The van der Waals surface area contributed by atoms with Crippen molar-refractivity contribution >= 4 is 11.7 Å². The number of rotatable bonds is 8. The van der Waals surface area contributed by atoms with Gasteiger partial charge in [0.2, 0.25) is 0 Å². The van der Waals surface area contributed by atoms with Gasteiger partial charge in [0, 0.05) is 5.56 Å². The maximum absolute atomic E-state index is 13.2. The van der Waals surface area contributed by atoms with Crippen LogP contribution in [0, 0.1) is 5.92 Å². The Morgan fingerprint density at radius 1 is 1.25 bits per heavy atom. The number of alkyl halides is 3. The minimum absolute atomic E-state index is 0.116. The lowest BCUT2D eigenvalue weighted by Crippen LogP contribution is -2.40. The van der Waals surface area contributed by atoms with E-state index in [1.807, 2.05) is 6.92 Å². The zero-order chi connectivity index (χ0) is 20.5.